The Bertz CT molecular complexity index is 996. The van der Waals surface area contributed by atoms with Gasteiger partial charge in [-0.25, -0.2) is 4.79 Å². The zero-order valence-electron chi connectivity index (χ0n) is 16.0. The molecule has 0 bridgehead atoms. The van der Waals surface area contributed by atoms with Gasteiger partial charge in [0.15, 0.2) is 0 Å². The fourth-order valence-corrected chi connectivity index (χ4v) is 2.92. The van der Waals surface area contributed by atoms with Crippen molar-refractivity contribution in [3.05, 3.63) is 59.9 Å². The van der Waals surface area contributed by atoms with Gasteiger partial charge in [0.05, 0.1) is 11.8 Å². The normalized spacial score (nSPS) is 12.5. The minimum atomic E-state index is -1.41. The van der Waals surface area contributed by atoms with E-state index in [0.717, 1.165) is 16.3 Å². The first-order valence-corrected chi connectivity index (χ1v) is 9.06. The van der Waals surface area contributed by atoms with Crippen molar-refractivity contribution < 1.29 is 19.4 Å². The summed E-state index contributed by atoms with van der Waals surface area (Å²) in [4.78, 5) is 24.3. The van der Waals surface area contributed by atoms with E-state index in [2.05, 4.69) is 15.5 Å². The number of carboxylic acids is 1. The Balaban J connectivity index is 2.06. The van der Waals surface area contributed by atoms with Gasteiger partial charge in [-0.1, -0.05) is 37.3 Å². The molecule has 0 fully saturated rings. The van der Waals surface area contributed by atoms with E-state index >= 15 is 0 Å². The maximum atomic E-state index is 12.9. The number of rotatable bonds is 7. The number of aromatic nitrogens is 2. The second-order valence-corrected chi connectivity index (χ2v) is 7.09. The van der Waals surface area contributed by atoms with Gasteiger partial charge in [-0.05, 0) is 31.7 Å². The van der Waals surface area contributed by atoms with Gasteiger partial charge in [0.2, 0.25) is 0 Å². The first-order valence-electron chi connectivity index (χ1n) is 9.06. The van der Waals surface area contributed by atoms with E-state index < -0.39 is 17.4 Å². The summed E-state index contributed by atoms with van der Waals surface area (Å²) >= 11 is 0. The molecule has 0 spiro atoms. The molecular weight excluding hydrogens is 358 g/mol. The van der Waals surface area contributed by atoms with Crippen LogP contribution in [-0.4, -0.2) is 32.7 Å². The fraction of sp³-hybridized carbons (Fsp3) is 0.286. The molecular formula is C21H23N3O4. The lowest BCUT2D eigenvalue weighted by Gasteiger charge is -2.24. The molecule has 3 rings (SSSR count). The molecule has 0 saturated carbocycles. The number of H-pyrrole nitrogens is 1. The van der Waals surface area contributed by atoms with Crippen LogP contribution in [0.3, 0.4) is 0 Å². The molecule has 0 radical (unpaired) electrons. The Morgan fingerprint density at radius 1 is 1.25 bits per heavy atom. The highest BCUT2D eigenvalue weighted by atomic mass is 16.5. The number of nitrogens with one attached hydrogen (secondary N) is 2. The Morgan fingerprint density at radius 3 is 2.64 bits per heavy atom. The molecule has 1 atom stereocenters. The highest BCUT2D eigenvalue weighted by Crippen LogP contribution is 2.34. The SMILES string of the molecule is CCC(Oc1c(C(=O)NC(C)(C)C(=O)O)ccc2ccccc12)c1cn[nH]c1. The Morgan fingerprint density at radius 2 is 2.00 bits per heavy atom. The van der Waals surface area contributed by atoms with Crippen molar-refractivity contribution in [3.8, 4) is 5.75 Å². The summed E-state index contributed by atoms with van der Waals surface area (Å²) in [6.07, 6.45) is 3.81. The molecule has 0 aliphatic carbocycles. The van der Waals surface area contributed by atoms with Gasteiger partial charge in [-0.3, -0.25) is 9.89 Å². The molecule has 7 heteroatoms. The number of carbonyl (C=O) groups is 2. The Labute approximate surface area is 162 Å². The topological polar surface area (TPSA) is 104 Å². The van der Waals surface area contributed by atoms with Crippen LogP contribution in [-0.2, 0) is 4.79 Å². The molecule has 2 aromatic carbocycles. The summed E-state index contributed by atoms with van der Waals surface area (Å²) in [6, 6.07) is 11.1. The first kappa shape index (κ1) is 19.4. The molecule has 1 heterocycles. The average Bonchev–Trinajstić information content (AvgIpc) is 3.19. The number of aliphatic carboxylic acids is 1. The number of ether oxygens (including phenoxy) is 1. The number of aromatic amines is 1. The molecule has 3 aromatic rings. The van der Waals surface area contributed by atoms with E-state index in [9.17, 15) is 14.7 Å². The number of hydrogen-bond donors (Lipinski definition) is 3. The monoisotopic (exact) mass is 381 g/mol. The minimum Gasteiger partial charge on any atom is -0.484 e. The van der Waals surface area contributed by atoms with Crippen molar-refractivity contribution in [2.75, 3.05) is 0 Å². The number of carbonyl (C=O) groups excluding carboxylic acids is 1. The predicted molar refractivity (Wildman–Crippen MR) is 105 cm³/mol. The zero-order chi connectivity index (χ0) is 20.3. The summed E-state index contributed by atoms with van der Waals surface area (Å²) in [5.74, 6) is -1.20. The smallest absolute Gasteiger partial charge is 0.328 e. The van der Waals surface area contributed by atoms with Crippen LogP contribution in [0, 0.1) is 0 Å². The van der Waals surface area contributed by atoms with Crippen LogP contribution in [0.2, 0.25) is 0 Å². The highest BCUT2D eigenvalue weighted by molar-refractivity contribution is 6.05. The second-order valence-electron chi connectivity index (χ2n) is 7.09. The summed E-state index contributed by atoms with van der Waals surface area (Å²) in [6.45, 7) is 4.86. The third kappa shape index (κ3) is 3.83. The molecule has 28 heavy (non-hydrogen) atoms. The number of carboxylic acid groups (broad SMARTS) is 1. The lowest BCUT2D eigenvalue weighted by Crippen LogP contribution is -2.49. The minimum absolute atomic E-state index is 0.287. The van der Waals surface area contributed by atoms with E-state index in [0.29, 0.717) is 12.2 Å². The van der Waals surface area contributed by atoms with Crippen LogP contribution in [0.15, 0.2) is 48.8 Å². The Kier molecular flexibility index (Phi) is 5.35. The third-order valence-corrected chi connectivity index (χ3v) is 4.61. The number of amides is 1. The molecule has 0 saturated heterocycles. The molecule has 1 aromatic heterocycles. The molecule has 3 N–H and O–H groups in total. The van der Waals surface area contributed by atoms with Crippen molar-refractivity contribution in [2.24, 2.45) is 0 Å². The highest BCUT2D eigenvalue weighted by Gasteiger charge is 2.31. The van der Waals surface area contributed by atoms with Gasteiger partial charge < -0.3 is 15.2 Å². The number of benzene rings is 2. The van der Waals surface area contributed by atoms with Crippen LogP contribution in [0.5, 0.6) is 5.75 Å². The lowest BCUT2D eigenvalue weighted by molar-refractivity contribution is -0.143. The van der Waals surface area contributed by atoms with Crippen LogP contribution in [0.1, 0.15) is 49.2 Å². The van der Waals surface area contributed by atoms with Crippen molar-refractivity contribution in [1.82, 2.24) is 15.5 Å². The quantitative estimate of drug-likeness (QED) is 0.579. The molecule has 0 aliphatic heterocycles. The second kappa shape index (κ2) is 7.72. The standard InChI is InChI=1S/C21H23N3O4/c1-4-17(14-11-22-23-12-14)28-18-15-8-6-5-7-13(15)9-10-16(18)19(25)24-21(2,3)20(26)27/h5-12,17H,4H2,1-3H3,(H,22,23)(H,24,25)(H,26,27). The van der Waals surface area contributed by atoms with Crippen LogP contribution < -0.4 is 10.1 Å². The maximum Gasteiger partial charge on any atom is 0.328 e. The van der Waals surface area contributed by atoms with E-state index in [1.165, 1.54) is 13.8 Å². The van der Waals surface area contributed by atoms with Crippen LogP contribution in [0.4, 0.5) is 0 Å². The van der Waals surface area contributed by atoms with Crippen molar-refractivity contribution in [1.29, 1.82) is 0 Å². The summed E-state index contributed by atoms with van der Waals surface area (Å²) in [5.41, 5.74) is -0.253. The van der Waals surface area contributed by atoms with E-state index in [4.69, 9.17) is 4.74 Å². The number of hydrogen-bond acceptors (Lipinski definition) is 4. The maximum absolute atomic E-state index is 12.9. The Hall–Kier alpha value is -3.35. The molecule has 1 amide bonds. The molecule has 0 aliphatic rings. The van der Waals surface area contributed by atoms with Crippen LogP contribution in [0.25, 0.3) is 10.8 Å². The summed E-state index contributed by atoms with van der Waals surface area (Å²) in [5, 5.41) is 20.3. The largest absolute Gasteiger partial charge is 0.484 e. The predicted octanol–water partition coefficient (Wildman–Crippen LogP) is 3.69. The first-order chi connectivity index (χ1) is 13.3. The van der Waals surface area contributed by atoms with Crippen molar-refractivity contribution >= 4 is 22.6 Å². The van der Waals surface area contributed by atoms with E-state index in [1.54, 1.807) is 18.5 Å². The molecule has 7 nitrogen and oxygen atoms in total. The molecule has 1 unspecified atom stereocenters. The van der Waals surface area contributed by atoms with Gasteiger partial charge in [-0.15, -0.1) is 0 Å². The zero-order valence-corrected chi connectivity index (χ0v) is 16.0. The van der Waals surface area contributed by atoms with Gasteiger partial charge in [0.1, 0.15) is 17.4 Å². The van der Waals surface area contributed by atoms with Gasteiger partial charge in [-0.2, -0.15) is 5.10 Å². The third-order valence-electron chi connectivity index (χ3n) is 4.61. The number of nitrogens with zero attached hydrogens (tertiary/aromatic N) is 1. The lowest BCUT2D eigenvalue weighted by atomic mass is 10.0. The molecule has 146 valence electrons. The van der Waals surface area contributed by atoms with Crippen LogP contribution >= 0.6 is 0 Å². The van der Waals surface area contributed by atoms with Crippen molar-refractivity contribution in [2.45, 2.75) is 38.8 Å². The number of fused-ring (bicyclic) bond motifs is 1. The summed E-state index contributed by atoms with van der Waals surface area (Å²) in [7, 11) is 0. The fourth-order valence-electron chi connectivity index (χ4n) is 2.92. The van der Waals surface area contributed by atoms with Gasteiger partial charge in [0.25, 0.3) is 5.91 Å². The van der Waals surface area contributed by atoms with Crippen molar-refractivity contribution in [3.63, 3.8) is 0 Å². The van der Waals surface area contributed by atoms with Gasteiger partial charge in [0, 0.05) is 17.1 Å². The van der Waals surface area contributed by atoms with E-state index in [-0.39, 0.29) is 11.7 Å². The van der Waals surface area contributed by atoms with E-state index in [1.807, 2.05) is 37.3 Å². The average molecular weight is 381 g/mol. The van der Waals surface area contributed by atoms with Gasteiger partial charge >= 0.3 is 5.97 Å². The summed E-state index contributed by atoms with van der Waals surface area (Å²) < 4.78 is 6.28.